The van der Waals surface area contributed by atoms with Gasteiger partial charge in [0.2, 0.25) is 5.91 Å². The Kier molecular flexibility index (Phi) is 5.35. The fourth-order valence-corrected chi connectivity index (χ4v) is 2.57. The van der Waals surface area contributed by atoms with Gasteiger partial charge < -0.3 is 14.8 Å². The third-order valence-corrected chi connectivity index (χ3v) is 3.59. The molecule has 2 aromatic rings. The Labute approximate surface area is 136 Å². The van der Waals surface area contributed by atoms with Gasteiger partial charge in [-0.3, -0.25) is 4.79 Å². The van der Waals surface area contributed by atoms with Crippen LogP contribution in [-0.4, -0.2) is 24.0 Å². The Bertz CT molecular complexity index is 702. The molecule has 0 radical (unpaired) electrons. The Morgan fingerprint density at radius 2 is 2.18 bits per heavy atom. The number of carbonyl (C=O) groups is 2. The molecule has 0 saturated carbocycles. The third-order valence-electron chi connectivity index (χ3n) is 2.60. The number of esters is 1. The molecule has 1 amide bonds. The van der Waals surface area contributed by atoms with E-state index in [1.807, 2.05) is 0 Å². The quantitative estimate of drug-likeness (QED) is 0.846. The van der Waals surface area contributed by atoms with Crippen LogP contribution in [0.4, 0.5) is 5.13 Å². The van der Waals surface area contributed by atoms with Crippen LogP contribution in [0, 0.1) is 0 Å². The molecule has 1 N–H and O–H groups in total. The summed E-state index contributed by atoms with van der Waals surface area (Å²) in [6.07, 6.45) is 0. The van der Waals surface area contributed by atoms with E-state index in [0.717, 1.165) is 11.3 Å². The van der Waals surface area contributed by atoms with Crippen molar-refractivity contribution in [2.45, 2.75) is 13.5 Å². The molecule has 2 rings (SSSR count). The van der Waals surface area contributed by atoms with Crippen molar-refractivity contribution in [3.05, 3.63) is 39.9 Å². The summed E-state index contributed by atoms with van der Waals surface area (Å²) in [6, 6.07) is 5.05. The van der Waals surface area contributed by atoms with Crippen LogP contribution >= 0.6 is 22.9 Å². The van der Waals surface area contributed by atoms with Crippen LogP contribution in [0.1, 0.15) is 23.0 Å². The summed E-state index contributed by atoms with van der Waals surface area (Å²) >= 11 is 7.06. The average Bonchev–Trinajstić information content (AvgIpc) is 2.92. The molecule has 0 aliphatic carbocycles. The van der Waals surface area contributed by atoms with Gasteiger partial charge in [0.05, 0.1) is 7.11 Å². The lowest BCUT2D eigenvalue weighted by Gasteiger charge is -2.09. The van der Waals surface area contributed by atoms with Crippen molar-refractivity contribution < 1.29 is 19.1 Å². The van der Waals surface area contributed by atoms with E-state index < -0.39 is 5.97 Å². The molecule has 0 aliphatic rings. The van der Waals surface area contributed by atoms with Crippen LogP contribution in [0.5, 0.6) is 5.75 Å². The van der Waals surface area contributed by atoms with Crippen molar-refractivity contribution in [3.8, 4) is 5.75 Å². The molecule has 0 atom stereocenters. The van der Waals surface area contributed by atoms with Crippen LogP contribution in [0.25, 0.3) is 0 Å². The number of carbonyl (C=O) groups excluding carboxylic acids is 2. The molecule has 116 valence electrons. The largest absolute Gasteiger partial charge is 0.496 e. The second-order valence-electron chi connectivity index (χ2n) is 4.25. The molecule has 1 aromatic carbocycles. The number of halogens is 1. The number of anilines is 1. The van der Waals surface area contributed by atoms with Gasteiger partial charge in [-0.05, 0) is 18.2 Å². The molecule has 0 fully saturated rings. The van der Waals surface area contributed by atoms with Crippen molar-refractivity contribution in [3.63, 3.8) is 0 Å². The van der Waals surface area contributed by atoms with Crippen LogP contribution in [0.2, 0.25) is 5.02 Å². The predicted octanol–water partition coefficient (Wildman–Crippen LogP) is 3.12. The summed E-state index contributed by atoms with van der Waals surface area (Å²) in [4.78, 5) is 26.8. The minimum atomic E-state index is -0.588. The summed E-state index contributed by atoms with van der Waals surface area (Å²) < 4.78 is 10.4. The predicted molar refractivity (Wildman–Crippen MR) is 83.5 cm³/mol. The minimum absolute atomic E-state index is 0.00949. The number of aromatic nitrogens is 1. The molecule has 0 unspecified atom stereocenters. The van der Waals surface area contributed by atoms with Gasteiger partial charge in [-0.25, -0.2) is 9.78 Å². The summed E-state index contributed by atoms with van der Waals surface area (Å²) in [5, 5.41) is 4.89. The first-order valence-corrected chi connectivity index (χ1v) is 7.48. The lowest BCUT2D eigenvalue weighted by Crippen LogP contribution is -2.08. The van der Waals surface area contributed by atoms with Crippen molar-refractivity contribution in [1.29, 1.82) is 0 Å². The van der Waals surface area contributed by atoms with Gasteiger partial charge >= 0.3 is 5.97 Å². The lowest BCUT2D eigenvalue weighted by atomic mass is 10.2. The number of amides is 1. The maximum Gasteiger partial charge on any atom is 0.358 e. The van der Waals surface area contributed by atoms with Crippen molar-refractivity contribution >= 4 is 39.9 Å². The highest BCUT2D eigenvalue weighted by molar-refractivity contribution is 7.14. The SMILES string of the molecule is COc1ccc(Cl)cc1COC(=O)c1csc(NC(C)=O)n1. The summed E-state index contributed by atoms with van der Waals surface area (Å²) in [5.41, 5.74) is 0.787. The molecule has 22 heavy (non-hydrogen) atoms. The van der Waals surface area contributed by atoms with Gasteiger partial charge in [-0.1, -0.05) is 11.6 Å². The summed E-state index contributed by atoms with van der Waals surface area (Å²) in [6.45, 7) is 1.38. The summed E-state index contributed by atoms with van der Waals surface area (Å²) in [7, 11) is 1.52. The normalized spacial score (nSPS) is 10.1. The van der Waals surface area contributed by atoms with E-state index in [1.165, 1.54) is 19.4 Å². The van der Waals surface area contributed by atoms with Gasteiger partial charge in [0.1, 0.15) is 12.4 Å². The van der Waals surface area contributed by atoms with Gasteiger partial charge in [0, 0.05) is 22.9 Å². The van der Waals surface area contributed by atoms with E-state index in [-0.39, 0.29) is 18.2 Å². The topological polar surface area (TPSA) is 77.5 Å². The second-order valence-corrected chi connectivity index (χ2v) is 5.55. The monoisotopic (exact) mass is 340 g/mol. The van der Waals surface area contributed by atoms with E-state index in [2.05, 4.69) is 10.3 Å². The standard InChI is InChI=1S/C14H13ClN2O4S/c1-8(18)16-14-17-11(7-22-14)13(19)21-6-9-5-10(15)3-4-12(9)20-2/h3-5,7H,6H2,1-2H3,(H,16,17,18). The smallest absolute Gasteiger partial charge is 0.358 e. The lowest BCUT2D eigenvalue weighted by molar-refractivity contribution is -0.114. The number of hydrogen-bond donors (Lipinski definition) is 1. The Morgan fingerprint density at radius 3 is 2.86 bits per heavy atom. The number of methoxy groups -OCH3 is 1. The fourth-order valence-electron chi connectivity index (χ4n) is 1.65. The molecule has 8 heteroatoms. The van der Waals surface area contributed by atoms with Gasteiger partial charge in [0.25, 0.3) is 0 Å². The Hall–Kier alpha value is -2.12. The van der Waals surface area contributed by atoms with E-state index >= 15 is 0 Å². The highest BCUT2D eigenvalue weighted by atomic mass is 35.5. The number of nitrogens with one attached hydrogen (secondary N) is 1. The maximum atomic E-state index is 11.9. The molecule has 0 saturated heterocycles. The number of rotatable bonds is 5. The second kappa shape index (κ2) is 7.24. The molecular weight excluding hydrogens is 328 g/mol. The number of benzene rings is 1. The highest BCUT2D eigenvalue weighted by Crippen LogP contribution is 2.24. The first kappa shape index (κ1) is 16.3. The Balaban J connectivity index is 2.02. The van der Waals surface area contributed by atoms with Crippen molar-refractivity contribution in [2.24, 2.45) is 0 Å². The molecule has 1 heterocycles. The van der Waals surface area contributed by atoms with Crippen LogP contribution in [0.15, 0.2) is 23.6 Å². The minimum Gasteiger partial charge on any atom is -0.496 e. The van der Waals surface area contributed by atoms with E-state index in [0.29, 0.717) is 21.5 Å². The van der Waals surface area contributed by atoms with Crippen LogP contribution < -0.4 is 10.1 Å². The highest BCUT2D eigenvalue weighted by Gasteiger charge is 2.14. The van der Waals surface area contributed by atoms with Crippen molar-refractivity contribution in [1.82, 2.24) is 4.98 Å². The number of thiazole rings is 1. The third kappa shape index (κ3) is 4.19. The van der Waals surface area contributed by atoms with E-state index in [4.69, 9.17) is 21.1 Å². The molecule has 0 aliphatic heterocycles. The average molecular weight is 341 g/mol. The number of ether oxygens (including phenoxy) is 2. The van der Waals surface area contributed by atoms with Crippen molar-refractivity contribution in [2.75, 3.05) is 12.4 Å². The first-order chi connectivity index (χ1) is 10.5. The van der Waals surface area contributed by atoms with Gasteiger partial charge in [-0.15, -0.1) is 11.3 Å². The number of nitrogens with zero attached hydrogens (tertiary/aromatic N) is 1. The zero-order valence-corrected chi connectivity index (χ0v) is 13.5. The molecule has 0 spiro atoms. The fraction of sp³-hybridized carbons (Fsp3) is 0.214. The zero-order chi connectivity index (χ0) is 16.1. The number of hydrogen-bond acceptors (Lipinski definition) is 6. The van der Waals surface area contributed by atoms with E-state index in [1.54, 1.807) is 18.2 Å². The van der Waals surface area contributed by atoms with Gasteiger partial charge in [0.15, 0.2) is 10.8 Å². The van der Waals surface area contributed by atoms with Crippen LogP contribution in [0.3, 0.4) is 0 Å². The molecule has 6 nitrogen and oxygen atoms in total. The summed E-state index contributed by atoms with van der Waals surface area (Å²) in [5.74, 6) is -0.262. The van der Waals surface area contributed by atoms with Gasteiger partial charge in [-0.2, -0.15) is 0 Å². The maximum absolute atomic E-state index is 11.9. The zero-order valence-electron chi connectivity index (χ0n) is 11.9. The molecule has 0 bridgehead atoms. The molecular formula is C14H13ClN2O4S. The molecule has 1 aromatic heterocycles. The van der Waals surface area contributed by atoms with Crippen LogP contribution in [-0.2, 0) is 16.1 Å². The first-order valence-electron chi connectivity index (χ1n) is 6.22. The van der Waals surface area contributed by atoms with E-state index in [9.17, 15) is 9.59 Å². The Morgan fingerprint density at radius 1 is 1.41 bits per heavy atom.